The Hall–Kier alpha value is 0.230. The molecule has 0 amide bonds. The average molecular weight is 348 g/mol. The van der Waals surface area contributed by atoms with Gasteiger partial charge in [0.2, 0.25) is 0 Å². The lowest BCUT2D eigenvalue weighted by Crippen LogP contribution is -2.30. The van der Waals surface area contributed by atoms with Gasteiger partial charge in [0, 0.05) is 18.8 Å². The maximum absolute atomic E-state index is 9.70. The van der Waals surface area contributed by atoms with Crippen molar-refractivity contribution >= 4 is 11.8 Å². The van der Waals surface area contributed by atoms with E-state index in [0.29, 0.717) is 13.1 Å². The normalized spacial score (nSPS) is 12.7. The third-order valence-electron chi connectivity index (χ3n) is 4.12. The molecule has 3 N–H and O–H groups in total. The van der Waals surface area contributed by atoms with Crippen molar-refractivity contribution in [3.63, 3.8) is 0 Å². The summed E-state index contributed by atoms with van der Waals surface area (Å²) in [5.74, 6) is 1.96. The highest BCUT2D eigenvalue weighted by molar-refractivity contribution is 7.99. The molecular weight excluding hydrogens is 306 g/mol. The number of aliphatic hydroxyl groups excluding tert-OH is 2. The van der Waals surface area contributed by atoms with Gasteiger partial charge in [-0.3, -0.25) is 0 Å². The van der Waals surface area contributed by atoms with Gasteiger partial charge in [0.05, 0.1) is 12.7 Å². The first-order chi connectivity index (χ1) is 11.3. The van der Waals surface area contributed by atoms with Crippen molar-refractivity contribution in [1.82, 2.24) is 5.32 Å². The average Bonchev–Trinajstić information content (AvgIpc) is 2.55. The van der Waals surface area contributed by atoms with Crippen LogP contribution in [0.4, 0.5) is 0 Å². The van der Waals surface area contributed by atoms with Crippen molar-refractivity contribution in [2.45, 2.75) is 90.1 Å². The summed E-state index contributed by atoms with van der Waals surface area (Å²) >= 11 is 1.85. The first-order valence-corrected chi connectivity index (χ1v) is 11.0. The first kappa shape index (κ1) is 23.2. The zero-order valence-corrected chi connectivity index (χ0v) is 16.2. The second-order valence-electron chi connectivity index (χ2n) is 6.55. The van der Waals surface area contributed by atoms with Crippen LogP contribution in [0, 0.1) is 0 Å². The fourth-order valence-electron chi connectivity index (χ4n) is 2.67. The molecule has 0 heterocycles. The second kappa shape index (κ2) is 20.3. The van der Waals surface area contributed by atoms with Gasteiger partial charge >= 0.3 is 0 Å². The Morgan fingerprint density at radius 1 is 0.826 bits per heavy atom. The van der Waals surface area contributed by atoms with Crippen molar-refractivity contribution in [1.29, 1.82) is 0 Å². The van der Waals surface area contributed by atoms with Crippen LogP contribution in [0.15, 0.2) is 0 Å². The highest BCUT2D eigenvalue weighted by Gasteiger charge is 2.03. The Kier molecular flexibility index (Phi) is 20.5. The summed E-state index contributed by atoms with van der Waals surface area (Å²) in [5, 5.41) is 21.4. The number of aliphatic hydroxyl groups is 2. The Bertz CT molecular complexity index is 218. The van der Waals surface area contributed by atoms with Crippen LogP contribution >= 0.6 is 11.8 Å². The molecular formula is C19H41NO2S. The molecule has 0 spiro atoms. The van der Waals surface area contributed by atoms with Crippen LogP contribution in [0.25, 0.3) is 0 Å². The van der Waals surface area contributed by atoms with E-state index in [-0.39, 0.29) is 12.7 Å². The molecule has 3 nitrogen and oxygen atoms in total. The molecule has 0 aromatic rings. The van der Waals surface area contributed by atoms with E-state index in [1.165, 1.54) is 77.0 Å². The van der Waals surface area contributed by atoms with Crippen molar-refractivity contribution < 1.29 is 10.2 Å². The smallest absolute Gasteiger partial charge is 0.0754 e. The third kappa shape index (κ3) is 20.2. The van der Waals surface area contributed by atoms with Gasteiger partial charge in [-0.15, -0.1) is 0 Å². The molecule has 0 fully saturated rings. The zero-order chi connectivity index (χ0) is 17.0. The molecule has 0 saturated heterocycles. The van der Waals surface area contributed by atoms with E-state index < -0.39 is 0 Å². The number of unbranched alkanes of at least 4 members (excludes halogenated alkanes) is 11. The largest absolute Gasteiger partial charge is 0.395 e. The molecule has 0 aromatic heterocycles. The lowest BCUT2D eigenvalue weighted by molar-refractivity contribution is 0.191. The van der Waals surface area contributed by atoms with Crippen molar-refractivity contribution in [2.24, 2.45) is 0 Å². The highest BCUT2D eigenvalue weighted by atomic mass is 32.2. The van der Waals surface area contributed by atoms with E-state index in [1.54, 1.807) is 0 Å². The summed E-state index contributed by atoms with van der Waals surface area (Å²) in [7, 11) is 0. The summed E-state index contributed by atoms with van der Waals surface area (Å²) in [4.78, 5) is 0. The molecule has 0 aliphatic rings. The molecule has 0 aromatic carbocycles. The van der Waals surface area contributed by atoms with E-state index >= 15 is 0 Å². The summed E-state index contributed by atoms with van der Waals surface area (Å²) in [5.41, 5.74) is 0. The molecule has 23 heavy (non-hydrogen) atoms. The highest BCUT2D eigenvalue weighted by Crippen LogP contribution is 2.13. The summed E-state index contributed by atoms with van der Waals surface area (Å²) in [6.45, 7) is 3.57. The monoisotopic (exact) mass is 347 g/mol. The third-order valence-corrected chi connectivity index (χ3v) is 5.32. The fraction of sp³-hybridized carbons (Fsp3) is 1.00. The van der Waals surface area contributed by atoms with Gasteiger partial charge in [0.15, 0.2) is 0 Å². The molecule has 1 unspecified atom stereocenters. The number of hydrogen-bond acceptors (Lipinski definition) is 4. The topological polar surface area (TPSA) is 52.5 Å². The van der Waals surface area contributed by atoms with E-state index in [0.717, 1.165) is 11.5 Å². The van der Waals surface area contributed by atoms with Crippen molar-refractivity contribution in [3.8, 4) is 0 Å². The minimum atomic E-state index is -0.288. The first-order valence-electron chi connectivity index (χ1n) is 9.88. The Labute approximate surface area is 149 Å². The zero-order valence-electron chi connectivity index (χ0n) is 15.4. The molecule has 0 bridgehead atoms. The molecule has 4 heteroatoms. The maximum Gasteiger partial charge on any atom is 0.0754 e. The Balaban J connectivity index is 3.05. The minimum Gasteiger partial charge on any atom is -0.395 e. The minimum absolute atomic E-state index is 0.138. The van der Waals surface area contributed by atoms with E-state index in [1.807, 2.05) is 11.8 Å². The summed E-state index contributed by atoms with van der Waals surface area (Å²) in [6, 6.07) is 0. The van der Waals surface area contributed by atoms with Gasteiger partial charge in [0.1, 0.15) is 0 Å². The lowest BCUT2D eigenvalue weighted by Gasteiger charge is -2.10. The number of nitrogens with one attached hydrogen (secondary N) is 1. The summed E-state index contributed by atoms with van der Waals surface area (Å²) < 4.78 is 0. The van der Waals surface area contributed by atoms with Crippen LogP contribution in [-0.4, -0.2) is 47.5 Å². The van der Waals surface area contributed by atoms with Gasteiger partial charge in [0.25, 0.3) is 0 Å². The van der Waals surface area contributed by atoms with Gasteiger partial charge in [-0.2, -0.15) is 11.8 Å². The standard InChI is InChI=1S/C19H41NO2S/c1-2-3-4-5-6-7-8-9-10-11-12-13-16-23-18-19(22)17-20-14-15-21/h19-22H,2-18H2,1H3. The SMILES string of the molecule is CCCCCCCCCCCCCCSCC(O)CNCCO. The Morgan fingerprint density at radius 3 is 1.87 bits per heavy atom. The van der Waals surface area contributed by atoms with Crippen LogP contribution in [0.3, 0.4) is 0 Å². The molecule has 0 saturated carbocycles. The van der Waals surface area contributed by atoms with Crippen LogP contribution in [-0.2, 0) is 0 Å². The van der Waals surface area contributed by atoms with E-state index in [9.17, 15) is 5.11 Å². The van der Waals surface area contributed by atoms with E-state index in [4.69, 9.17) is 5.11 Å². The number of thioether (sulfide) groups is 1. The second-order valence-corrected chi connectivity index (χ2v) is 7.70. The van der Waals surface area contributed by atoms with Gasteiger partial charge in [-0.05, 0) is 12.2 Å². The van der Waals surface area contributed by atoms with Crippen LogP contribution in [0.1, 0.15) is 84.0 Å². The van der Waals surface area contributed by atoms with Crippen LogP contribution < -0.4 is 5.32 Å². The predicted molar refractivity (Wildman–Crippen MR) is 104 cm³/mol. The van der Waals surface area contributed by atoms with E-state index in [2.05, 4.69) is 12.2 Å². The molecule has 0 aliphatic carbocycles. The van der Waals surface area contributed by atoms with Crippen LogP contribution in [0.2, 0.25) is 0 Å². The lowest BCUT2D eigenvalue weighted by atomic mass is 10.1. The molecule has 140 valence electrons. The molecule has 0 aliphatic heterocycles. The molecule has 0 radical (unpaired) electrons. The summed E-state index contributed by atoms with van der Waals surface area (Å²) in [6.07, 6.45) is 16.4. The quantitative estimate of drug-likeness (QED) is 0.304. The number of rotatable bonds is 19. The predicted octanol–water partition coefficient (Wildman–Crippen LogP) is 4.36. The maximum atomic E-state index is 9.70. The van der Waals surface area contributed by atoms with Gasteiger partial charge in [-0.1, -0.05) is 77.6 Å². The van der Waals surface area contributed by atoms with Gasteiger partial charge in [-0.25, -0.2) is 0 Å². The number of hydrogen-bond donors (Lipinski definition) is 3. The molecule has 1 atom stereocenters. The van der Waals surface area contributed by atoms with Crippen LogP contribution in [0.5, 0.6) is 0 Å². The van der Waals surface area contributed by atoms with Crippen molar-refractivity contribution in [2.75, 3.05) is 31.2 Å². The Morgan fingerprint density at radius 2 is 1.35 bits per heavy atom. The molecule has 0 rings (SSSR count). The van der Waals surface area contributed by atoms with Crippen molar-refractivity contribution in [3.05, 3.63) is 0 Å². The van der Waals surface area contributed by atoms with Gasteiger partial charge < -0.3 is 15.5 Å². The fourth-order valence-corrected chi connectivity index (χ4v) is 3.64.